The molecule has 3 rings (SSSR count). The van der Waals surface area contributed by atoms with Gasteiger partial charge in [0.15, 0.2) is 11.5 Å². The lowest BCUT2D eigenvalue weighted by molar-refractivity contribution is 0.173. The summed E-state index contributed by atoms with van der Waals surface area (Å²) in [6, 6.07) is 1.82. The van der Waals surface area contributed by atoms with Gasteiger partial charge in [0.2, 0.25) is 6.79 Å². The van der Waals surface area contributed by atoms with Gasteiger partial charge in [0.25, 0.3) is 0 Å². The van der Waals surface area contributed by atoms with E-state index in [0.29, 0.717) is 5.02 Å². The Hall–Kier alpha value is -0.930. The molecular weight excluding hydrogens is 226 g/mol. The molecule has 0 radical (unpaired) electrons. The topological polar surface area (TPSA) is 44.5 Å². The third-order valence-corrected chi connectivity index (χ3v) is 3.65. The molecule has 86 valence electrons. The van der Waals surface area contributed by atoms with Crippen molar-refractivity contribution in [2.24, 2.45) is 5.73 Å². The number of ether oxygens (including phenoxy) is 2. The summed E-state index contributed by atoms with van der Waals surface area (Å²) in [7, 11) is 0. The van der Waals surface area contributed by atoms with E-state index in [4.69, 9.17) is 26.8 Å². The van der Waals surface area contributed by atoms with Crippen LogP contribution in [0, 0.1) is 0 Å². The first-order valence-electron chi connectivity index (χ1n) is 5.56. The van der Waals surface area contributed by atoms with E-state index in [0.717, 1.165) is 41.9 Å². The normalized spacial score (nSPS) is 19.9. The fourth-order valence-corrected chi connectivity index (χ4v) is 2.74. The predicted molar refractivity (Wildman–Crippen MR) is 62.1 cm³/mol. The summed E-state index contributed by atoms with van der Waals surface area (Å²) in [4.78, 5) is 0. The maximum atomic E-state index is 6.30. The number of hydrogen-bond donors (Lipinski definition) is 1. The molecule has 1 aliphatic heterocycles. The van der Waals surface area contributed by atoms with E-state index >= 15 is 0 Å². The van der Waals surface area contributed by atoms with E-state index in [1.165, 1.54) is 0 Å². The number of halogens is 1. The SMILES string of the molecule is CCc1c2c(cc(Cl)c1C1(N)CC1)OCO2. The van der Waals surface area contributed by atoms with Crippen molar-refractivity contribution in [1.82, 2.24) is 0 Å². The molecule has 0 saturated heterocycles. The van der Waals surface area contributed by atoms with Crippen molar-refractivity contribution in [3.63, 3.8) is 0 Å². The molecule has 0 amide bonds. The van der Waals surface area contributed by atoms with Crippen molar-refractivity contribution < 1.29 is 9.47 Å². The molecule has 16 heavy (non-hydrogen) atoms. The number of nitrogens with two attached hydrogens (primary N) is 1. The molecule has 1 saturated carbocycles. The molecule has 0 atom stereocenters. The van der Waals surface area contributed by atoms with Crippen molar-refractivity contribution in [1.29, 1.82) is 0 Å². The van der Waals surface area contributed by atoms with Crippen LogP contribution in [0.2, 0.25) is 5.02 Å². The quantitative estimate of drug-likeness (QED) is 0.863. The first kappa shape index (κ1) is 10.2. The summed E-state index contributed by atoms with van der Waals surface area (Å²) in [5.74, 6) is 1.58. The Kier molecular flexibility index (Phi) is 2.10. The first-order chi connectivity index (χ1) is 7.65. The fourth-order valence-electron chi connectivity index (χ4n) is 2.34. The Morgan fingerprint density at radius 2 is 2.19 bits per heavy atom. The lowest BCUT2D eigenvalue weighted by atomic mass is 9.96. The number of hydrogen-bond acceptors (Lipinski definition) is 3. The highest BCUT2D eigenvalue weighted by Gasteiger charge is 2.44. The zero-order valence-corrected chi connectivity index (χ0v) is 9.93. The fraction of sp³-hybridized carbons (Fsp3) is 0.500. The maximum Gasteiger partial charge on any atom is 0.231 e. The van der Waals surface area contributed by atoms with Crippen LogP contribution >= 0.6 is 11.6 Å². The summed E-state index contributed by atoms with van der Waals surface area (Å²) in [6.07, 6.45) is 2.86. The van der Waals surface area contributed by atoms with Crippen molar-refractivity contribution in [2.45, 2.75) is 31.7 Å². The second-order valence-corrected chi connectivity index (χ2v) is 4.86. The largest absolute Gasteiger partial charge is 0.454 e. The lowest BCUT2D eigenvalue weighted by Gasteiger charge is -2.18. The highest BCUT2D eigenvalue weighted by atomic mass is 35.5. The van der Waals surface area contributed by atoms with Gasteiger partial charge in [0, 0.05) is 22.2 Å². The highest BCUT2D eigenvalue weighted by molar-refractivity contribution is 6.32. The van der Waals surface area contributed by atoms with Crippen molar-refractivity contribution in [3.05, 3.63) is 22.2 Å². The standard InChI is InChI=1S/C12H14ClNO2/c1-2-7-10(12(14)3-4-12)8(13)5-9-11(7)16-6-15-9/h5H,2-4,6,14H2,1H3. The van der Waals surface area contributed by atoms with Crippen molar-refractivity contribution in [3.8, 4) is 11.5 Å². The van der Waals surface area contributed by atoms with Crippen molar-refractivity contribution in [2.75, 3.05) is 6.79 Å². The maximum absolute atomic E-state index is 6.30. The van der Waals surface area contributed by atoms with Gasteiger partial charge in [-0.2, -0.15) is 0 Å². The van der Waals surface area contributed by atoms with Gasteiger partial charge in [0.1, 0.15) is 0 Å². The Balaban J connectivity index is 2.23. The summed E-state index contributed by atoms with van der Waals surface area (Å²) in [5.41, 5.74) is 8.19. The second kappa shape index (κ2) is 3.28. The average molecular weight is 240 g/mol. The minimum Gasteiger partial charge on any atom is -0.454 e. The molecule has 2 N–H and O–H groups in total. The molecule has 0 bridgehead atoms. The van der Waals surface area contributed by atoms with Gasteiger partial charge in [-0.1, -0.05) is 18.5 Å². The van der Waals surface area contributed by atoms with E-state index in [-0.39, 0.29) is 12.3 Å². The van der Waals surface area contributed by atoms with Crippen LogP contribution < -0.4 is 15.2 Å². The van der Waals surface area contributed by atoms with E-state index in [1.807, 2.05) is 6.07 Å². The summed E-state index contributed by atoms with van der Waals surface area (Å²) in [5, 5.41) is 0.709. The minimum atomic E-state index is -0.233. The first-order valence-corrected chi connectivity index (χ1v) is 5.94. The van der Waals surface area contributed by atoms with E-state index in [9.17, 15) is 0 Å². The van der Waals surface area contributed by atoms with Gasteiger partial charge >= 0.3 is 0 Å². The van der Waals surface area contributed by atoms with E-state index in [2.05, 4.69) is 6.92 Å². The molecule has 1 fully saturated rings. The Labute approximate surface area is 99.5 Å². The number of fused-ring (bicyclic) bond motifs is 1. The van der Waals surface area contributed by atoms with Gasteiger partial charge < -0.3 is 15.2 Å². The van der Waals surface area contributed by atoms with E-state index < -0.39 is 0 Å². The smallest absolute Gasteiger partial charge is 0.231 e. The second-order valence-electron chi connectivity index (χ2n) is 4.46. The molecule has 0 unspecified atom stereocenters. The van der Waals surface area contributed by atoms with Crippen LogP contribution in [-0.2, 0) is 12.0 Å². The Morgan fingerprint density at radius 3 is 2.81 bits per heavy atom. The summed E-state index contributed by atoms with van der Waals surface area (Å²) >= 11 is 6.30. The van der Waals surface area contributed by atoms with Crippen LogP contribution in [-0.4, -0.2) is 6.79 Å². The molecule has 1 aromatic rings. The molecule has 3 nitrogen and oxygen atoms in total. The molecule has 1 aromatic carbocycles. The molecular formula is C12H14ClNO2. The van der Waals surface area contributed by atoms with Gasteiger partial charge in [0.05, 0.1) is 0 Å². The Bertz CT molecular complexity index is 455. The molecule has 1 aliphatic carbocycles. The van der Waals surface area contributed by atoms with E-state index in [1.54, 1.807) is 0 Å². The third kappa shape index (κ3) is 1.31. The minimum absolute atomic E-state index is 0.233. The van der Waals surface area contributed by atoms with Crippen molar-refractivity contribution >= 4 is 11.6 Å². The van der Waals surface area contributed by atoms with Crippen LogP contribution in [0.1, 0.15) is 30.9 Å². The lowest BCUT2D eigenvalue weighted by Crippen LogP contribution is -2.21. The van der Waals surface area contributed by atoms with Gasteiger partial charge in [-0.3, -0.25) is 0 Å². The van der Waals surface area contributed by atoms with Gasteiger partial charge in [-0.15, -0.1) is 0 Å². The summed E-state index contributed by atoms with van der Waals surface area (Å²) < 4.78 is 10.9. The number of rotatable bonds is 2. The zero-order chi connectivity index (χ0) is 11.3. The van der Waals surface area contributed by atoms with Gasteiger partial charge in [-0.05, 0) is 24.8 Å². The zero-order valence-electron chi connectivity index (χ0n) is 9.18. The average Bonchev–Trinajstić information content (AvgIpc) is 2.82. The summed E-state index contributed by atoms with van der Waals surface area (Å²) in [6.45, 7) is 2.36. The van der Waals surface area contributed by atoms with Crippen LogP contribution in [0.4, 0.5) is 0 Å². The monoisotopic (exact) mass is 239 g/mol. The molecule has 0 spiro atoms. The molecule has 1 heterocycles. The molecule has 2 aliphatic rings. The Morgan fingerprint density at radius 1 is 1.44 bits per heavy atom. The van der Waals surface area contributed by atoms with Crippen LogP contribution in [0.3, 0.4) is 0 Å². The van der Waals surface area contributed by atoms with Crippen LogP contribution in [0.5, 0.6) is 11.5 Å². The third-order valence-electron chi connectivity index (χ3n) is 3.35. The highest BCUT2D eigenvalue weighted by Crippen LogP contribution is 2.52. The molecule has 4 heteroatoms. The predicted octanol–water partition coefficient (Wildman–Crippen LogP) is 2.58. The van der Waals surface area contributed by atoms with Gasteiger partial charge in [-0.25, -0.2) is 0 Å². The molecule has 0 aromatic heterocycles. The van der Waals surface area contributed by atoms with Crippen LogP contribution in [0.15, 0.2) is 6.07 Å². The van der Waals surface area contributed by atoms with Crippen LogP contribution in [0.25, 0.3) is 0 Å². The number of benzene rings is 1.